The molecule has 0 saturated carbocycles. The van der Waals surface area contributed by atoms with Gasteiger partial charge in [-0.1, -0.05) is 6.07 Å². The Bertz CT molecular complexity index is 440. The summed E-state index contributed by atoms with van der Waals surface area (Å²) in [6, 6.07) is 5.00. The Balaban J connectivity index is 2.36. The maximum atomic E-state index is 11.1. The lowest BCUT2D eigenvalue weighted by Gasteiger charge is -2.28. The number of anilines is 1. The second-order valence-electron chi connectivity index (χ2n) is 4.73. The van der Waals surface area contributed by atoms with E-state index in [1.165, 1.54) is 12.5 Å². The molecule has 2 rings (SSSR count). The van der Waals surface area contributed by atoms with Gasteiger partial charge in [0.15, 0.2) is 0 Å². The molecule has 1 saturated heterocycles. The van der Waals surface area contributed by atoms with Crippen LogP contribution in [-0.4, -0.2) is 23.1 Å². The molecule has 0 bridgehead atoms. The van der Waals surface area contributed by atoms with Crippen molar-refractivity contribution < 1.29 is 10.0 Å². The third-order valence-electron chi connectivity index (χ3n) is 3.38. The molecule has 0 radical (unpaired) electrons. The van der Waals surface area contributed by atoms with Crippen LogP contribution < -0.4 is 4.90 Å². The highest BCUT2D eigenvalue weighted by atomic mass is 16.6. The number of nitro benzene ring substituents is 1. The molecule has 0 spiro atoms. The molecule has 1 fully saturated rings. The van der Waals surface area contributed by atoms with Crippen LogP contribution in [0.2, 0.25) is 0 Å². The van der Waals surface area contributed by atoms with Crippen molar-refractivity contribution >= 4 is 11.4 Å². The Labute approximate surface area is 106 Å². The fourth-order valence-electron chi connectivity index (χ4n) is 2.35. The summed E-state index contributed by atoms with van der Waals surface area (Å²) < 4.78 is 0. The van der Waals surface area contributed by atoms with E-state index in [1.54, 1.807) is 19.1 Å². The molecule has 18 heavy (non-hydrogen) atoms. The van der Waals surface area contributed by atoms with Gasteiger partial charge in [0.25, 0.3) is 5.69 Å². The second-order valence-corrected chi connectivity index (χ2v) is 4.73. The smallest absolute Gasteiger partial charge is 0.292 e. The van der Waals surface area contributed by atoms with Crippen molar-refractivity contribution in [2.75, 3.05) is 18.0 Å². The molecule has 0 unspecified atom stereocenters. The lowest BCUT2D eigenvalue weighted by Crippen LogP contribution is -2.29. The standard InChI is InChI=1S/C13H18N2O3/c1-10(16)11-5-6-12(13(9-11)15(17)18)14-7-3-2-4-8-14/h5-6,9-10,16H,2-4,7-8H2,1H3/t10-/m1/s1. The number of piperidine rings is 1. The van der Waals surface area contributed by atoms with Crippen LogP contribution in [0.5, 0.6) is 0 Å². The number of aliphatic hydroxyl groups excluding tert-OH is 1. The number of rotatable bonds is 3. The van der Waals surface area contributed by atoms with E-state index in [-0.39, 0.29) is 10.6 Å². The van der Waals surface area contributed by atoms with E-state index in [2.05, 4.69) is 4.90 Å². The zero-order valence-corrected chi connectivity index (χ0v) is 10.5. The molecular formula is C13H18N2O3. The van der Waals surface area contributed by atoms with Gasteiger partial charge in [-0.05, 0) is 37.8 Å². The summed E-state index contributed by atoms with van der Waals surface area (Å²) in [5, 5.41) is 20.6. The van der Waals surface area contributed by atoms with Crippen molar-refractivity contribution in [1.29, 1.82) is 0 Å². The van der Waals surface area contributed by atoms with Crippen molar-refractivity contribution in [2.24, 2.45) is 0 Å². The Morgan fingerprint density at radius 2 is 2.00 bits per heavy atom. The summed E-state index contributed by atoms with van der Waals surface area (Å²) in [7, 11) is 0. The second kappa shape index (κ2) is 5.35. The van der Waals surface area contributed by atoms with Gasteiger partial charge in [-0.2, -0.15) is 0 Å². The van der Waals surface area contributed by atoms with Crippen molar-refractivity contribution in [3.05, 3.63) is 33.9 Å². The third kappa shape index (κ3) is 2.61. The van der Waals surface area contributed by atoms with Crippen LogP contribution in [0.4, 0.5) is 11.4 Å². The predicted octanol–water partition coefficient (Wildman–Crippen LogP) is 2.64. The molecule has 0 aromatic heterocycles. The summed E-state index contributed by atoms with van der Waals surface area (Å²) in [5.74, 6) is 0. The van der Waals surface area contributed by atoms with Crippen LogP contribution in [0, 0.1) is 10.1 Å². The molecular weight excluding hydrogens is 232 g/mol. The summed E-state index contributed by atoms with van der Waals surface area (Å²) >= 11 is 0. The van der Waals surface area contributed by atoms with Gasteiger partial charge in [-0.15, -0.1) is 0 Å². The number of hydrogen-bond donors (Lipinski definition) is 1. The van der Waals surface area contributed by atoms with Crippen molar-refractivity contribution in [1.82, 2.24) is 0 Å². The maximum Gasteiger partial charge on any atom is 0.292 e. The molecule has 1 atom stereocenters. The number of aliphatic hydroxyl groups is 1. The lowest BCUT2D eigenvalue weighted by molar-refractivity contribution is -0.384. The third-order valence-corrected chi connectivity index (χ3v) is 3.38. The SMILES string of the molecule is C[C@@H](O)c1ccc(N2CCCCC2)c([N+](=O)[O-])c1. The Hall–Kier alpha value is -1.62. The first-order chi connectivity index (χ1) is 8.59. The molecule has 1 N–H and O–H groups in total. The number of nitrogens with zero attached hydrogens (tertiary/aromatic N) is 2. The van der Waals surface area contributed by atoms with Gasteiger partial charge < -0.3 is 10.0 Å². The number of benzene rings is 1. The van der Waals surface area contributed by atoms with Gasteiger partial charge in [-0.25, -0.2) is 0 Å². The number of hydrogen-bond acceptors (Lipinski definition) is 4. The van der Waals surface area contributed by atoms with Crippen LogP contribution in [0.25, 0.3) is 0 Å². The highest BCUT2D eigenvalue weighted by Gasteiger charge is 2.22. The molecule has 1 aliphatic rings. The molecule has 1 aromatic carbocycles. The van der Waals surface area contributed by atoms with Gasteiger partial charge in [0.2, 0.25) is 0 Å². The highest BCUT2D eigenvalue weighted by Crippen LogP contribution is 2.32. The molecule has 1 heterocycles. The van der Waals surface area contributed by atoms with Gasteiger partial charge in [0.05, 0.1) is 11.0 Å². The number of nitro groups is 1. The zero-order valence-electron chi connectivity index (χ0n) is 10.5. The van der Waals surface area contributed by atoms with Crippen LogP contribution >= 0.6 is 0 Å². The summed E-state index contributed by atoms with van der Waals surface area (Å²) in [5.41, 5.74) is 1.35. The van der Waals surface area contributed by atoms with Crippen LogP contribution in [0.15, 0.2) is 18.2 Å². The molecule has 0 amide bonds. The van der Waals surface area contributed by atoms with Gasteiger partial charge in [0.1, 0.15) is 5.69 Å². The largest absolute Gasteiger partial charge is 0.389 e. The predicted molar refractivity (Wildman–Crippen MR) is 69.8 cm³/mol. The molecule has 5 nitrogen and oxygen atoms in total. The molecule has 1 aromatic rings. The topological polar surface area (TPSA) is 66.6 Å². The normalized spacial score (nSPS) is 17.6. The summed E-state index contributed by atoms with van der Waals surface area (Å²) in [4.78, 5) is 12.8. The van der Waals surface area contributed by atoms with Gasteiger partial charge in [0, 0.05) is 19.2 Å². The average molecular weight is 250 g/mol. The van der Waals surface area contributed by atoms with Gasteiger partial charge >= 0.3 is 0 Å². The van der Waals surface area contributed by atoms with E-state index in [0.717, 1.165) is 25.9 Å². The highest BCUT2D eigenvalue weighted by molar-refractivity contribution is 5.64. The van der Waals surface area contributed by atoms with Crippen LogP contribution in [0.1, 0.15) is 37.9 Å². The van der Waals surface area contributed by atoms with E-state index in [4.69, 9.17) is 0 Å². The minimum absolute atomic E-state index is 0.0929. The first-order valence-corrected chi connectivity index (χ1v) is 6.31. The molecule has 1 aliphatic heterocycles. The van der Waals surface area contributed by atoms with Crippen LogP contribution in [-0.2, 0) is 0 Å². The Morgan fingerprint density at radius 1 is 1.33 bits per heavy atom. The van der Waals surface area contributed by atoms with Crippen LogP contribution in [0.3, 0.4) is 0 Å². The maximum absolute atomic E-state index is 11.1. The fraction of sp³-hybridized carbons (Fsp3) is 0.538. The van der Waals surface area contributed by atoms with Crippen molar-refractivity contribution in [2.45, 2.75) is 32.3 Å². The minimum Gasteiger partial charge on any atom is -0.389 e. The van der Waals surface area contributed by atoms with E-state index in [1.807, 2.05) is 0 Å². The van der Waals surface area contributed by atoms with E-state index < -0.39 is 6.10 Å². The minimum atomic E-state index is -0.681. The van der Waals surface area contributed by atoms with E-state index in [9.17, 15) is 15.2 Å². The lowest BCUT2D eigenvalue weighted by atomic mass is 10.1. The molecule has 98 valence electrons. The van der Waals surface area contributed by atoms with Gasteiger partial charge in [-0.3, -0.25) is 10.1 Å². The zero-order chi connectivity index (χ0) is 13.1. The Morgan fingerprint density at radius 3 is 2.56 bits per heavy atom. The van der Waals surface area contributed by atoms with E-state index in [0.29, 0.717) is 11.3 Å². The average Bonchev–Trinajstić information content (AvgIpc) is 2.39. The molecule has 0 aliphatic carbocycles. The monoisotopic (exact) mass is 250 g/mol. The van der Waals surface area contributed by atoms with E-state index >= 15 is 0 Å². The Kier molecular flexibility index (Phi) is 3.81. The fourth-order valence-corrected chi connectivity index (χ4v) is 2.35. The summed E-state index contributed by atoms with van der Waals surface area (Å²) in [6.45, 7) is 3.35. The quantitative estimate of drug-likeness (QED) is 0.661. The van der Waals surface area contributed by atoms with Crippen molar-refractivity contribution in [3.8, 4) is 0 Å². The summed E-state index contributed by atoms with van der Waals surface area (Å²) in [6.07, 6.45) is 2.67. The first kappa shape index (κ1) is 12.8. The first-order valence-electron chi connectivity index (χ1n) is 6.31. The molecule has 5 heteroatoms. The van der Waals surface area contributed by atoms with Crippen molar-refractivity contribution in [3.63, 3.8) is 0 Å².